The first kappa shape index (κ1) is 14.5. The molecule has 0 saturated carbocycles. The van der Waals surface area contributed by atoms with Gasteiger partial charge in [0.25, 0.3) is 0 Å². The number of nitrogens with two attached hydrogens (primary N) is 1. The van der Waals surface area contributed by atoms with Crippen LogP contribution in [0.2, 0.25) is 0 Å². The van der Waals surface area contributed by atoms with Gasteiger partial charge in [0.1, 0.15) is 0 Å². The van der Waals surface area contributed by atoms with E-state index in [0.717, 1.165) is 27.8 Å². The maximum atomic E-state index is 6.48. The van der Waals surface area contributed by atoms with Crippen molar-refractivity contribution in [3.05, 3.63) is 84.6 Å². The summed E-state index contributed by atoms with van der Waals surface area (Å²) in [5.41, 5.74) is 10.5. The molecule has 0 radical (unpaired) electrons. The van der Waals surface area contributed by atoms with E-state index in [-0.39, 0.29) is 6.04 Å². The van der Waals surface area contributed by atoms with Crippen LogP contribution in [-0.4, -0.2) is 19.7 Å². The standard InChI is InChI=1S/C19H17N5/c20-17(11-15-5-3-4-9-22-15)16-6-1-2-7-19(16)24-18-8-10-21-12-14(18)13-23-24/h1-10,12-13,17H,11,20H2. The number of nitrogens with zero attached hydrogens (tertiary/aromatic N) is 4. The lowest BCUT2D eigenvalue weighted by molar-refractivity contribution is 0.696. The summed E-state index contributed by atoms with van der Waals surface area (Å²) in [4.78, 5) is 8.52. The summed E-state index contributed by atoms with van der Waals surface area (Å²) < 4.78 is 1.92. The molecule has 1 aromatic carbocycles. The highest BCUT2D eigenvalue weighted by molar-refractivity contribution is 5.79. The maximum Gasteiger partial charge on any atom is 0.0772 e. The molecule has 4 rings (SSSR count). The first-order valence-electron chi connectivity index (χ1n) is 7.85. The lowest BCUT2D eigenvalue weighted by Gasteiger charge is -2.16. The minimum atomic E-state index is -0.155. The van der Waals surface area contributed by atoms with Crippen LogP contribution in [0.3, 0.4) is 0 Å². The van der Waals surface area contributed by atoms with Crippen LogP contribution in [0.5, 0.6) is 0 Å². The van der Waals surface area contributed by atoms with E-state index in [4.69, 9.17) is 5.73 Å². The first-order valence-corrected chi connectivity index (χ1v) is 7.85. The second-order valence-electron chi connectivity index (χ2n) is 5.68. The molecule has 2 N–H and O–H groups in total. The fraction of sp³-hybridized carbons (Fsp3) is 0.105. The molecule has 5 heteroatoms. The van der Waals surface area contributed by atoms with Gasteiger partial charge < -0.3 is 5.73 Å². The van der Waals surface area contributed by atoms with Gasteiger partial charge in [0.15, 0.2) is 0 Å². The third kappa shape index (κ3) is 2.66. The Balaban J connectivity index is 1.75. The highest BCUT2D eigenvalue weighted by Crippen LogP contribution is 2.25. The van der Waals surface area contributed by atoms with E-state index in [0.29, 0.717) is 6.42 Å². The average Bonchev–Trinajstić information content (AvgIpc) is 3.06. The molecule has 0 fully saturated rings. The Morgan fingerprint density at radius 1 is 0.958 bits per heavy atom. The largest absolute Gasteiger partial charge is 0.324 e. The zero-order chi connectivity index (χ0) is 16.4. The fourth-order valence-corrected chi connectivity index (χ4v) is 2.91. The van der Waals surface area contributed by atoms with Gasteiger partial charge in [-0.15, -0.1) is 0 Å². The second-order valence-corrected chi connectivity index (χ2v) is 5.68. The van der Waals surface area contributed by atoms with Crippen LogP contribution in [0.25, 0.3) is 16.6 Å². The summed E-state index contributed by atoms with van der Waals surface area (Å²) in [6.07, 6.45) is 7.89. The molecule has 1 unspecified atom stereocenters. The number of benzene rings is 1. The normalized spacial score (nSPS) is 12.4. The molecule has 0 aliphatic heterocycles. The van der Waals surface area contributed by atoms with Gasteiger partial charge in [-0.2, -0.15) is 5.10 Å². The minimum absolute atomic E-state index is 0.155. The van der Waals surface area contributed by atoms with Crippen molar-refractivity contribution < 1.29 is 0 Å². The Morgan fingerprint density at radius 2 is 1.83 bits per heavy atom. The van der Waals surface area contributed by atoms with Gasteiger partial charge in [0, 0.05) is 42.1 Å². The van der Waals surface area contributed by atoms with E-state index in [1.807, 2.05) is 59.5 Å². The quantitative estimate of drug-likeness (QED) is 0.628. The number of rotatable bonds is 4. The molecule has 0 aliphatic rings. The van der Waals surface area contributed by atoms with Crippen LogP contribution in [0.1, 0.15) is 17.3 Å². The Hall–Kier alpha value is -3.05. The molecular formula is C19H17N5. The Bertz CT molecular complexity index is 962. The Kier molecular flexibility index (Phi) is 3.76. The van der Waals surface area contributed by atoms with Crippen molar-refractivity contribution in [1.29, 1.82) is 0 Å². The minimum Gasteiger partial charge on any atom is -0.324 e. The van der Waals surface area contributed by atoms with Crippen molar-refractivity contribution in [3.63, 3.8) is 0 Å². The first-order chi connectivity index (χ1) is 11.8. The highest BCUT2D eigenvalue weighted by atomic mass is 15.3. The fourth-order valence-electron chi connectivity index (χ4n) is 2.91. The molecule has 1 atom stereocenters. The molecule has 3 aromatic heterocycles. The third-order valence-electron chi connectivity index (χ3n) is 4.09. The lowest BCUT2D eigenvalue weighted by atomic mass is 10.0. The monoisotopic (exact) mass is 315 g/mol. The van der Waals surface area contributed by atoms with Gasteiger partial charge in [-0.05, 0) is 29.8 Å². The SMILES string of the molecule is NC(Cc1ccccn1)c1ccccc1-n1ncc2cnccc21. The topological polar surface area (TPSA) is 69.6 Å². The van der Waals surface area contributed by atoms with Crippen LogP contribution >= 0.6 is 0 Å². The summed E-state index contributed by atoms with van der Waals surface area (Å²) in [7, 11) is 0. The van der Waals surface area contributed by atoms with E-state index in [2.05, 4.69) is 21.1 Å². The number of hydrogen-bond donors (Lipinski definition) is 1. The number of hydrogen-bond acceptors (Lipinski definition) is 4. The van der Waals surface area contributed by atoms with Crippen LogP contribution in [0, 0.1) is 0 Å². The maximum absolute atomic E-state index is 6.48. The van der Waals surface area contributed by atoms with E-state index >= 15 is 0 Å². The van der Waals surface area contributed by atoms with E-state index in [9.17, 15) is 0 Å². The van der Waals surface area contributed by atoms with Crippen LogP contribution in [0.15, 0.2) is 73.3 Å². The predicted octanol–water partition coefficient (Wildman–Crippen LogP) is 3.06. The van der Waals surface area contributed by atoms with Crippen LogP contribution in [0.4, 0.5) is 0 Å². The van der Waals surface area contributed by atoms with Crippen molar-refractivity contribution in [3.8, 4) is 5.69 Å². The van der Waals surface area contributed by atoms with Gasteiger partial charge in [-0.3, -0.25) is 9.97 Å². The number of para-hydroxylation sites is 1. The number of aromatic nitrogens is 4. The number of pyridine rings is 2. The van der Waals surface area contributed by atoms with Crippen molar-refractivity contribution in [2.45, 2.75) is 12.5 Å². The van der Waals surface area contributed by atoms with Gasteiger partial charge >= 0.3 is 0 Å². The number of fused-ring (bicyclic) bond motifs is 1. The highest BCUT2D eigenvalue weighted by Gasteiger charge is 2.15. The van der Waals surface area contributed by atoms with Gasteiger partial charge in [-0.25, -0.2) is 4.68 Å². The average molecular weight is 315 g/mol. The van der Waals surface area contributed by atoms with Gasteiger partial charge in [-0.1, -0.05) is 24.3 Å². The molecule has 0 bridgehead atoms. The molecule has 0 spiro atoms. The molecule has 5 nitrogen and oxygen atoms in total. The Labute approximate surface area is 139 Å². The molecule has 0 amide bonds. The third-order valence-corrected chi connectivity index (χ3v) is 4.09. The van der Waals surface area contributed by atoms with Crippen LogP contribution in [-0.2, 0) is 6.42 Å². The van der Waals surface area contributed by atoms with E-state index in [1.165, 1.54) is 0 Å². The van der Waals surface area contributed by atoms with Crippen molar-refractivity contribution in [1.82, 2.24) is 19.7 Å². The summed E-state index contributed by atoms with van der Waals surface area (Å²) >= 11 is 0. The molecule has 0 saturated heterocycles. The molecule has 118 valence electrons. The zero-order valence-electron chi connectivity index (χ0n) is 13.1. The predicted molar refractivity (Wildman–Crippen MR) is 93.7 cm³/mol. The molecule has 0 aliphatic carbocycles. The summed E-state index contributed by atoms with van der Waals surface area (Å²) in [6.45, 7) is 0. The summed E-state index contributed by atoms with van der Waals surface area (Å²) in [5.74, 6) is 0. The van der Waals surface area contributed by atoms with E-state index in [1.54, 1.807) is 12.4 Å². The smallest absolute Gasteiger partial charge is 0.0772 e. The Morgan fingerprint density at radius 3 is 2.71 bits per heavy atom. The molecule has 4 aromatic rings. The van der Waals surface area contributed by atoms with Crippen molar-refractivity contribution in [2.24, 2.45) is 5.73 Å². The van der Waals surface area contributed by atoms with Crippen LogP contribution < -0.4 is 5.73 Å². The van der Waals surface area contributed by atoms with Gasteiger partial charge in [0.2, 0.25) is 0 Å². The van der Waals surface area contributed by atoms with Crippen molar-refractivity contribution in [2.75, 3.05) is 0 Å². The van der Waals surface area contributed by atoms with Crippen molar-refractivity contribution >= 4 is 10.9 Å². The second kappa shape index (κ2) is 6.22. The lowest BCUT2D eigenvalue weighted by Crippen LogP contribution is -2.17. The van der Waals surface area contributed by atoms with E-state index < -0.39 is 0 Å². The summed E-state index contributed by atoms with van der Waals surface area (Å²) in [5, 5.41) is 5.53. The molecule has 24 heavy (non-hydrogen) atoms. The zero-order valence-corrected chi connectivity index (χ0v) is 13.1. The molecule has 3 heterocycles. The summed E-state index contributed by atoms with van der Waals surface area (Å²) in [6, 6.07) is 15.8. The van der Waals surface area contributed by atoms with Gasteiger partial charge in [0.05, 0.1) is 17.4 Å². The molecular weight excluding hydrogens is 298 g/mol.